The highest BCUT2D eigenvalue weighted by Gasteiger charge is 2.36. The van der Waals surface area contributed by atoms with E-state index in [0.29, 0.717) is 38.8 Å². The van der Waals surface area contributed by atoms with Gasteiger partial charge in [0, 0.05) is 13.1 Å². The van der Waals surface area contributed by atoms with Crippen LogP contribution in [-0.4, -0.2) is 53.9 Å². The number of nitrogens with two attached hydrogens (primary N) is 3. The number of primary amides is 1. The molecule has 1 heterocycles. The van der Waals surface area contributed by atoms with Crippen molar-refractivity contribution in [2.45, 2.75) is 50.2 Å². The molecule has 0 saturated carbocycles. The molecular formula is C20H29N7O2. The summed E-state index contributed by atoms with van der Waals surface area (Å²) in [6, 6.07) is 9.99. The average Bonchev–Trinajstić information content (AvgIpc) is 3.19. The van der Waals surface area contributed by atoms with Crippen LogP contribution in [0, 0.1) is 11.3 Å². The Hall–Kier alpha value is -3.12. The molecule has 0 spiro atoms. The zero-order valence-electron chi connectivity index (χ0n) is 16.5. The number of guanidine groups is 1. The molecule has 1 aromatic rings. The monoisotopic (exact) mass is 399 g/mol. The molecule has 0 radical (unpaired) electrons. The van der Waals surface area contributed by atoms with E-state index in [4.69, 9.17) is 17.2 Å². The van der Waals surface area contributed by atoms with E-state index in [9.17, 15) is 14.9 Å². The van der Waals surface area contributed by atoms with Crippen molar-refractivity contribution in [2.24, 2.45) is 22.2 Å². The summed E-state index contributed by atoms with van der Waals surface area (Å²) in [4.78, 5) is 30.4. The van der Waals surface area contributed by atoms with E-state index >= 15 is 0 Å². The van der Waals surface area contributed by atoms with Gasteiger partial charge in [-0.1, -0.05) is 30.3 Å². The number of nitrogens with zero attached hydrogens (tertiary/aromatic N) is 3. The van der Waals surface area contributed by atoms with Crippen LogP contribution in [0.2, 0.25) is 0 Å². The number of nitriles is 1. The van der Waals surface area contributed by atoms with Gasteiger partial charge < -0.3 is 22.1 Å². The number of amides is 2. The summed E-state index contributed by atoms with van der Waals surface area (Å²) in [5.74, 6) is -0.696. The summed E-state index contributed by atoms with van der Waals surface area (Å²) < 4.78 is 0. The summed E-state index contributed by atoms with van der Waals surface area (Å²) >= 11 is 0. The summed E-state index contributed by atoms with van der Waals surface area (Å²) in [7, 11) is 0. The first-order chi connectivity index (χ1) is 13.9. The van der Waals surface area contributed by atoms with Crippen molar-refractivity contribution in [3.8, 4) is 6.07 Å². The standard InChI is InChI=1S/C20H29N7O2/c21-13-15(8-4-10-25-20(23)24)26-16(12-14-6-2-1-3-7-14)19(29)27-11-5-9-17(27)18(22)28/h1-3,6-7,15-17,26H,4-5,8-12H2,(H2,22,28)(H4,23,24,25)/t15?,16-,17+/m1/s1. The number of rotatable bonds is 10. The van der Waals surface area contributed by atoms with Gasteiger partial charge in [0.05, 0.1) is 18.2 Å². The van der Waals surface area contributed by atoms with Crippen LogP contribution in [0.25, 0.3) is 0 Å². The van der Waals surface area contributed by atoms with Crippen LogP contribution in [0.3, 0.4) is 0 Å². The molecule has 0 aliphatic carbocycles. The zero-order chi connectivity index (χ0) is 21.2. The molecule has 1 aliphatic rings. The molecule has 1 saturated heterocycles. The van der Waals surface area contributed by atoms with Gasteiger partial charge in [0.2, 0.25) is 11.8 Å². The number of nitrogens with one attached hydrogen (secondary N) is 1. The SMILES string of the molecule is N#CC(CCCN=C(N)N)N[C@H](Cc1ccccc1)C(=O)N1CCC[C@H]1C(N)=O. The van der Waals surface area contributed by atoms with Gasteiger partial charge in [-0.2, -0.15) is 5.26 Å². The number of hydrogen-bond acceptors (Lipinski definition) is 5. The number of aliphatic imine (C=N–C) groups is 1. The van der Waals surface area contributed by atoms with E-state index in [1.807, 2.05) is 30.3 Å². The van der Waals surface area contributed by atoms with Crippen molar-refractivity contribution in [1.82, 2.24) is 10.2 Å². The molecule has 0 bridgehead atoms. The molecule has 0 aromatic heterocycles. The highest BCUT2D eigenvalue weighted by molar-refractivity contribution is 5.89. The Bertz CT molecular complexity index is 756. The van der Waals surface area contributed by atoms with Gasteiger partial charge in [-0.15, -0.1) is 0 Å². The minimum absolute atomic E-state index is 0.00938. The van der Waals surface area contributed by atoms with E-state index in [0.717, 1.165) is 12.0 Å². The van der Waals surface area contributed by atoms with Gasteiger partial charge in [-0.05, 0) is 37.7 Å². The smallest absolute Gasteiger partial charge is 0.240 e. The Kier molecular flexibility index (Phi) is 8.43. The van der Waals surface area contributed by atoms with Gasteiger partial charge in [-0.25, -0.2) is 0 Å². The van der Waals surface area contributed by atoms with Crippen LogP contribution in [0.5, 0.6) is 0 Å². The first-order valence-corrected chi connectivity index (χ1v) is 9.77. The van der Waals surface area contributed by atoms with E-state index in [2.05, 4.69) is 16.4 Å². The van der Waals surface area contributed by atoms with Gasteiger partial charge in [-0.3, -0.25) is 19.9 Å². The third-order valence-corrected chi connectivity index (χ3v) is 4.95. The van der Waals surface area contributed by atoms with Crippen LogP contribution in [0.15, 0.2) is 35.3 Å². The minimum atomic E-state index is -0.634. The second-order valence-electron chi connectivity index (χ2n) is 7.13. The minimum Gasteiger partial charge on any atom is -0.370 e. The molecule has 1 fully saturated rings. The quantitative estimate of drug-likeness (QED) is 0.238. The molecule has 1 unspecified atom stereocenters. The molecule has 1 aromatic carbocycles. The molecule has 9 nitrogen and oxygen atoms in total. The summed E-state index contributed by atoms with van der Waals surface area (Å²) in [5.41, 5.74) is 17.1. The number of likely N-dealkylation sites (tertiary alicyclic amines) is 1. The van der Waals surface area contributed by atoms with Crippen molar-refractivity contribution in [3.05, 3.63) is 35.9 Å². The fourth-order valence-corrected chi connectivity index (χ4v) is 3.53. The maximum Gasteiger partial charge on any atom is 0.240 e. The molecule has 29 heavy (non-hydrogen) atoms. The molecule has 2 amide bonds. The highest BCUT2D eigenvalue weighted by Crippen LogP contribution is 2.19. The number of benzene rings is 1. The number of carbonyl (C=O) groups excluding carboxylic acids is 2. The predicted octanol–water partition coefficient (Wildman–Crippen LogP) is -0.391. The van der Waals surface area contributed by atoms with E-state index in [1.54, 1.807) is 0 Å². The number of carbonyl (C=O) groups is 2. The largest absolute Gasteiger partial charge is 0.370 e. The molecule has 3 atom stereocenters. The fourth-order valence-electron chi connectivity index (χ4n) is 3.53. The van der Waals surface area contributed by atoms with E-state index < -0.39 is 24.0 Å². The van der Waals surface area contributed by atoms with E-state index in [1.165, 1.54) is 4.90 Å². The molecule has 7 N–H and O–H groups in total. The first-order valence-electron chi connectivity index (χ1n) is 9.77. The summed E-state index contributed by atoms with van der Waals surface area (Å²) in [6.45, 7) is 0.899. The fraction of sp³-hybridized carbons (Fsp3) is 0.500. The lowest BCUT2D eigenvalue weighted by molar-refractivity contribution is -0.139. The van der Waals surface area contributed by atoms with Gasteiger partial charge in [0.15, 0.2) is 5.96 Å². The normalized spacial score (nSPS) is 17.9. The van der Waals surface area contributed by atoms with Crippen molar-refractivity contribution < 1.29 is 9.59 Å². The lowest BCUT2D eigenvalue weighted by Crippen LogP contribution is -2.54. The van der Waals surface area contributed by atoms with Crippen LogP contribution in [0.4, 0.5) is 0 Å². The molecule has 2 rings (SSSR count). The lowest BCUT2D eigenvalue weighted by Gasteiger charge is -2.29. The van der Waals surface area contributed by atoms with Gasteiger partial charge in [0.1, 0.15) is 6.04 Å². The Morgan fingerprint density at radius 2 is 2.00 bits per heavy atom. The maximum atomic E-state index is 13.2. The second kappa shape index (κ2) is 11.0. The first kappa shape index (κ1) is 22.2. The van der Waals surface area contributed by atoms with Crippen LogP contribution < -0.4 is 22.5 Å². The Balaban J connectivity index is 2.11. The van der Waals surface area contributed by atoms with Gasteiger partial charge >= 0.3 is 0 Å². The van der Waals surface area contributed by atoms with Crippen LogP contribution in [0.1, 0.15) is 31.2 Å². The topological polar surface area (TPSA) is 164 Å². The Labute approximate surface area is 170 Å². The number of hydrogen-bond donors (Lipinski definition) is 4. The average molecular weight is 399 g/mol. The molecule has 156 valence electrons. The maximum absolute atomic E-state index is 13.2. The lowest BCUT2D eigenvalue weighted by atomic mass is 10.0. The zero-order valence-corrected chi connectivity index (χ0v) is 16.5. The van der Waals surface area contributed by atoms with Crippen molar-refractivity contribution >= 4 is 17.8 Å². The predicted molar refractivity (Wildman–Crippen MR) is 110 cm³/mol. The molecular weight excluding hydrogens is 370 g/mol. The van der Waals surface area contributed by atoms with E-state index in [-0.39, 0.29) is 11.9 Å². The van der Waals surface area contributed by atoms with Crippen molar-refractivity contribution in [1.29, 1.82) is 5.26 Å². The second-order valence-corrected chi connectivity index (χ2v) is 7.13. The van der Waals surface area contributed by atoms with Crippen LogP contribution in [-0.2, 0) is 16.0 Å². The van der Waals surface area contributed by atoms with Crippen LogP contribution >= 0.6 is 0 Å². The van der Waals surface area contributed by atoms with Gasteiger partial charge in [0.25, 0.3) is 0 Å². The Morgan fingerprint density at radius 3 is 2.62 bits per heavy atom. The third-order valence-electron chi connectivity index (χ3n) is 4.95. The molecule has 1 aliphatic heterocycles. The summed E-state index contributed by atoms with van der Waals surface area (Å²) in [5, 5.41) is 12.7. The van der Waals surface area contributed by atoms with Crippen molar-refractivity contribution in [2.75, 3.05) is 13.1 Å². The highest BCUT2D eigenvalue weighted by atomic mass is 16.2. The molecule has 9 heteroatoms. The third kappa shape index (κ3) is 6.76. The van der Waals surface area contributed by atoms with Crippen molar-refractivity contribution in [3.63, 3.8) is 0 Å². The Morgan fingerprint density at radius 1 is 1.28 bits per heavy atom. The summed E-state index contributed by atoms with van der Waals surface area (Å²) in [6.07, 6.45) is 2.80.